The van der Waals surface area contributed by atoms with Gasteiger partial charge in [0.2, 0.25) is 0 Å². The molecular formula is C11H17NO. The number of hydrogen-bond acceptors (Lipinski definition) is 2. The molecule has 0 aliphatic rings. The summed E-state index contributed by atoms with van der Waals surface area (Å²) in [5.41, 5.74) is 1.08. The summed E-state index contributed by atoms with van der Waals surface area (Å²) in [5, 5.41) is 2.75. The molecule has 0 bridgehead atoms. The van der Waals surface area contributed by atoms with Crippen LogP contribution in [0.1, 0.15) is 18.4 Å². The van der Waals surface area contributed by atoms with Crippen LogP contribution in [0.2, 0.25) is 0 Å². The van der Waals surface area contributed by atoms with Crippen LogP contribution >= 0.6 is 0 Å². The van der Waals surface area contributed by atoms with Crippen LogP contribution in [0, 0.1) is 0 Å². The molecule has 0 spiro atoms. The maximum absolute atomic E-state index is 10.3. The molecule has 1 N–H and O–H groups in total. The lowest BCUT2D eigenvalue weighted by molar-refractivity contribution is -0.108. The molecule has 0 radical (unpaired) electrons. The summed E-state index contributed by atoms with van der Waals surface area (Å²) < 4.78 is 0. The van der Waals surface area contributed by atoms with Crippen molar-refractivity contribution >= 4 is 6.29 Å². The highest BCUT2D eigenvalue weighted by molar-refractivity contribution is 5.61. The molecule has 1 aromatic rings. The van der Waals surface area contributed by atoms with E-state index in [2.05, 4.69) is 5.32 Å². The molecule has 0 heterocycles. The first-order valence-electron chi connectivity index (χ1n) is 4.35. The summed E-state index contributed by atoms with van der Waals surface area (Å²) in [7, 11) is 3.75. The highest BCUT2D eigenvalue weighted by atomic mass is 16.1. The molecule has 2 nitrogen and oxygen atoms in total. The van der Waals surface area contributed by atoms with Crippen molar-refractivity contribution in [3.8, 4) is 0 Å². The van der Waals surface area contributed by atoms with E-state index in [-0.39, 0.29) is 5.92 Å². The van der Waals surface area contributed by atoms with Crippen molar-refractivity contribution in [2.75, 3.05) is 14.1 Å². The summed E-state index contributed by atoms with van der Waals surface area (Å²) >= 11 is 0. The van der Waals surface area contributed by atoms with Gasteiger partial charge in [-0.25, -0.2) is 0 Å². The van der Waals surface area contributed by atoms with Crippen LogP contribution in [0.3, 0.4) is 0 Å². The van der Waals surface area contributed by atoms with Gasteiger partial charge < -0.3 is 10.1 Å². The van der Waals surface area contributed by atoms with E-state index >= 15 is 0 Å². The molecule has 1 aromatic carbocycles. The Bertz CT molecular complexity index is 221. The van der Waals surface area contributed by atoms with E-state index in [4.69, 9.17) is 0 Å². The largest absolute Gasteiger partial charge is 0.323 e. The monoisotopic (exact) mass is 179 g/mol. The number of benzene rings is 1. The molecule has 72 valence electrons. The number of carbonyl (C=O) groups excluding carboxylic acids is 1. The molecule has 1 unspecified atom stereocenters. The van der Waals surface area contributed by atoms with Crippen LogP contribution in [-0.2, 0) is 4.79 Å². The van der Waals surface area contributed by atoms with E-state index in [1.165, 1.54) is 0 Å². The Hall–Kier alpha value is -1.15. The van der Waals surface area contributed by atoms with Gasteiger partial charge in [-0.05, 0) is 19.7 Å². The Morgan fingerprint density at radius 3 is 2.08 bits per heavy atom. The standard InChI is InChI=1S/C9H10O.C2H7N/c1-8(7-10)9-5-3-2-4-6-9;1-3-2/h2-8H,1H3;3H,1-2H3. The third-order valence-corrected chi connectivity index (χ3v) is 1.53. The molecule has 1 atom stereocenters. The zero-order valence-corrected chi connectivity index (χ0v) is 8.45. The van der Waals surface area contributed by atoms with E-state index in [1.54, 1.807) is 0 Å². The zero-order chi connectivity index (χ0) is 10.1. The quantitative estimate of drug-likeness (QED) is 0.702. The summed E-state index contributed by atoms with van der Waals surface area (Å²) in [6.07, 6.45) is 0.954. The van der Waals surface area contributed by atoms with Gasteiger partial charge >= 0.3 is 0 Å². The first kappa shape index (κ1) is 11.8. The molecule has 0 saturated carbocycles. The first-order chi connectivity index (χ1) is 6.26. The molecule has 0 fully saturated rings. The highest BCUT2D eigenvalue weighted by Crippen LogP contribution is 2.10. The van der Waals surface area contributed by atoms with Crippen molar-refractivity contribution in [3.63, 3.8) is 0 Å². The molecular weight excluding hydrogens is 162 g/mol. The minimum absolute atomic E-state index is 0.0289. The number of nitrogens with one attached hydrogen (secondary N) is 1. The van der Waals surface area contributed by atoms with E-state index in [1.807, 2.05) is 51.4 Å². The highest BCUT2D eigenvalue weighted by Gasteiger charge is 1.99. The van der Waals surface area contributed by atoms with Gasteiger partial charge in [-0.3, -0.25) is 0 Å². The maximum Gasteiger partial charge on any atom is 0.127 e. The van der Waals surface area contributed by atoms with Gasteiger partial charge in [-0.15, -0.1) is 0 Å². The number of carbonyl (C=O) groups is 1. The SMILES string of the molecule is CC(C=O)c1ccccc1.CNC. The van der Waals surface area contributed by atoms with Gasteiger partial charge in [0.15, 0.2) is 0 Å². The van der Waals surface area contributed by atoms with E-state index in [9.17, 15) is 4.79 Å². The molecule has 0 saturated heterocycles. The Labute approximate surface area is 80.0 Å². The minimum atomic E-state index is 0.0289. The Kier molecular flexibility index (Phi) is 6.83. The van der Waals surface area contributed by atoms with Crippen molar-refractivity contribution in [1.29, 1.82) is 0 Å². The van der Waals surface area contributed by atoms with Crippen LogP contribution in [0.25, 0.3) is 0 Å². The van der Waals surface area contributed by atoms with Crippen molar-refractivity contribution in [2.45, 2.75) is 12.8 Å². The van der Waals surface area contributed by atoms with Crippen LogP contribution in [0.4, 0.5) is 0 Å². The van der Waals surface area contributed by atoms with Crippen LogP contribution in [0.15, 0.2) is 30.3 Å². The summed E-state index contributed by atoms with van der Waals surface area (Å²) in [6.45, 7) is 1.89. The smallest absolute Gasteiger partial charge is 0.127 e. The Balaban J connectivity index is 0.000000424. The second-order valence-electron chi connectivity index (χ2n) is 2.84. The third-order valence-electron chi connectivity index (χ3n) is 1.53. The zero-order valence-electron chi connectivity index (χ0n) is 8.45. The summed E-state index contributed by atoms with van der Waals surface area (Å²) in [6, 6.07) is 9.74. The predicted molar refractivity (Wildman–Crippen MR) is 55.9 cm³/mol. The average Bonchev–Trinajstić information content (AvgIpc) is 2.19. The fraction of sp³-hybridized carbons (Fsp3) is 0.364. The first-order valence-corrected chi connectivity index (χ1v) is 4.35. The molecule has 0 aliphatic carbocycles. The van der Waals surface area contributed by atoms with E-state index in [0.29, 0.717) is 0 Å². The molecule has 0 aromatic heterocycles. The fourth-order valence-electron chi connectivity index (χ4n) is 0.835. The second-order valence-corrected chi connectivity index (χ2v) is 2.84. The van der Waals surface area contributed by atoms with Crippen LogP contribution in [-0.4, -0.2) is 20.4 Å². The van der Waals surface area contributed by atoms with Gasteiger partial charge in [0.05, 0.1) is 0 Å². The number of hydrogen-bond donors (Lipinski definition) is 1. The minimum Gasteiger partial charge on any atom is -0.323 e. The van der Waals surface area contributed by atoms with Gasteiger partial charge in [0, 0.05) is 5.92 Å². The average molecular weight is 179 g/mol. The van der Waals surface area contributed by atoms with Gasteiger partial charge in [0.25, 0.3) is 0 Å². The third kappa shape index (κ3) is 5.15. The van der Waals surface area contributed by atoms with Crippen molar-refractivity contribution in [1.82, 2.24) is 5.32 Å². The molecule has 13 heavy (non-hydrogen) atoms. The van der Waals surface area contributed by atoms with Crippen LogP contribution < -0.4 is 5.32 Å². The molecule has 1 rings (SSSR count). The van der Waals surface area contributed by atoms with Crippen LogP contribution in [0.5, 0.6) is 0 Å². The molecule has 0 aliphatic heterocycles. The fourth-order valence-corrected chi connectivity index (χ4v) is 0.835. The lowest BCUT2D eigenvalue weighted by Gasteiger charge is -2.00. The van der Waals surface area contributed by atoms with Gasteiger partial charge in [0.1, 0.15) is 6.29 Å². The van der Waals surface area contributed by atoms with Gasteiger partial charge in [-0.1, -0.05) is 37.3 Å². The Morgan fingerprint density at radius 1 is 1.23 bits per heavy atom. The van der Waals surface area contributed by atoms with Crippen molar-refractivity contribution < 1.29 is 4.79 Å². The summed E-state index contributed by atoms with van der Waals surface area (Å²) in [5.74, 6) is 0.0289. The van der Waals surface area contributed by atoms with Crippen molar-refractivity contribution in [3.05, 3.63) is 35.9 Å². The second kappa shape index (κ2) is 7.50. The Morgan fingerprint density at radius 2 is 1.69 bits per heavy atom. The number of aldehydes is 1. The lowest BCUT2D eigenvalue weighted by atomic mass is 10.0. The molecule has 0 amide bonds. The lowest BCUT2D eigenvalue weighted by Crippen LogP contribution is -1.92. The predicted octanol–water partition coefficient (Wildman–Crippen LogP) is 1.82. The topological polar surface area (TPSA) is 29.1 Å². The van der Waals surface area contributed by atoms with Crippen molar-refractivity contribution in [2.24, 2.45) is 0 Å². The normalized spacial score (nSPS) is 11.0. The maximum atomic E-state index is 10.3. The van der Waals surface area contributed by atoms with E-state index in [0.717, 1.165) is 11.8 Å². The number of rotatable bonds is 2. The molecule has 2 heteroatoms. The summed E-state index contributed by atoms with van der Waals surface area (Å²) in [4.78, 5) is 10.3. The van der Waals surface area contributed by atoms with Gasteiger partial charge in [-0.2, -0.15) is 0 Å². The van der Waals surface area contributed by atoms with E-state index < -0.39 is 0 Å².